The SMILES string of the molecule is CCOc1ccccc1NC(=O)COC(=O)CNC(=O)c1cccc(Br)c1. The first-order valence-electron chi connectivity index (χ1n) is 8.20. The highest BCUT2D eigenvalue weighted by atomic mass is 79.9. The number of nitrogens with one attached hydrogen (secondary N) is 2. The summed E-state index contributed by atoms with van der Waals surface area (Å²) in [6.45, 7) is 1.49. The van der Waals surface area contributed by atoms with Crippen molar-refractivity contribution in [3.8, 4) is 5.75 Å². The molecule has 0 aliphatic carbocycles. The summed E-state index contributed by atoms with van der Waals surface area (Å²) in [5.41, 5.74) is 0.894. The standard InChI is InChI=1S/C19H19BrN2O5/c1-2-26-16-9-4-3-8-15(16)22-17(23)12-27-18(24)11-21-19(25)13-6-5-7-14(20)10-13/h3-10H,2,11-12H2,1H3,(H,21,25)(H,22,23). The van der Waals surface area contributed by atoms with Gasteiger partial charge in [-0.15, -0.1) is 0 Å². The van der Waals surface area contributed by atoms with Crippen molar-refractivity contribution in [1.29, 1.82) is 0 Å². The van der Waals surface area contributed by atoms with E-state index < -0.39 is 24.4 Å². The Labute approximate surface area is 165 Å². The molecule has 0 spiro atoms. The molecule has 2 aromatic carbocycles. The summed E-state index contributed by atoms with van der Waals surface area (Å²) >= 11 is 3.27. The second-order valence-corrected chi connectivity index (χ2v) is 6.25. The van der Waals surface area contributed by atoms with Gasteiger partial charge in [0.25, 0.3) is 11.8 Å². The van der Waals surface area contributed by atoms with Crippen molar-refractivity contribution < 1.29 is 23.9 Å². The van der Waals surface area contributed by atoms with Crippen LogP contribution < -0.4 is 15.4 Å². The highest BCUT2D eigenvalue weighted by molar-refractivity contribution is 9.10. The van der Waals surface area contributed by atoms with E-state index in [-0.39, 0.29) is 6.54 Å². The molecule has 2 amide bonds. The van der Waals surface area contributed by atoms with Crippen molar-refractivity contribution in [2.45, 2.75) is 6.92 Å². The molecule has 0 heterocycles. The summed E-state index contributed by atoms with van der Waals surface area (Å²) in [6, 6.07) is 13.7. The Balaban J connectivity index is 1.77. The summed E-state index contributed by atoms with van der Waals surface area (Å²) < 4.78 is 11.0. The molecule has 0 unspecified atom stereocenters. The van der Waals surface area contributed by atoms with Crippen LogP contribution in [0.4, 0.5) is 5.69 Å². The molecule has 142 valence electrons. The van der Waals surface area contributed by atoms with Gasteiger partial charge in [0, 0.05) is 10.0 Å². The fourth-order valence-electron chi connectivity index (χ4n) is 2.12. The van der Waals surface area contributed by atoms with Gasteiger partial charge in [0.1, 0.15) is 12.3 Å². The van der Waals surface area contributed by atoms with Crippen molar-refractivity contribution in [3.05, 3.63) is 58.6 Å². The third kappa shape index (κ3) is 6.74. The summed E-state index contributed by atoms with van der Waals surface area (Å²) in [4.78, 5) is 35.6. The molecule has 2 aromatic rings. The molecule has 0 aromatic heterocycles. The van der Waals surface area contributed by atoms with Crippen LogP contribution in [0, 0.1) is 0 Å². The number of esters is 1. The lowest BCUT2D eigenvalue weighted by molar-refractivity contribution is -0.146. The van der Waals surface area contributed by atoms with Gasteiger partial charge < -0.3 is 20.1 Å². The van der Waals surface area contributed by atoms with Gasteiger partial charge in [0.2, 0.25) is 0 Å². The third-order valence-corrected chi connectivity index (χ3v) is 3.80. The lowest BCUT2D eigenvalue weighted by atomic mass is 10.2. The molecule has 0 saturated carbocycles. The first-order chi connectivity index (χ1) is 13.0. The molecule has 0 aliphatic rings. The third-order valence-electron chi connectivity index (χ3n) is 3.31. The van der Waals surface area contributed by atoms with Crippen molar-refractivity contribution in [2.24, 2.45) is 0 Å². The molecule has 2 rings (SSSR count). The molecule has 0 fully saturated rings. The molecule has 27 heavy (non-hydrogen) atoms. The highest BCUT2D eigenvalue weighted by Gasteiger charge is 2.12. The fourth-order valence-corrected chi connectivity index (χ4v) is 2.52. The van der Waals surface area contributed by atoms with Crippen LogP contribution in [-0.4, -0.2) is 37.5 Å². The topological polar surface area (TPSA) is 93.7 Å². The van der Waals surface area contributed by atoms with Crippen LogP contribution in [0.1, 0.15) is 17.3 Å². The van der Waals surface area contributed by atoms with Crippen LogP contribution in [-0.2, 0) is 14.3 Å². The zero-order valence-corrected chi connectivity index (χ0v) is 16.2. The number of rotatable bonds is 8. The summed E-state index contributed by atoms with van der Waals surface area (Å²) in [5, 5.41) is 5.05. The first kappa shape index (κ1) is 20.4. The number of hydrogen-bond acceptors (Lipinski definition) is 5. The van der Waals surface area contributed by atoms with Gasteiger partial charge in [-0.05, 0) is 37.3 Å². The van der Waals surface area contributed by atoms with E-state index in [1.54, 1.807) is 48.5 Å². The van der Waals surface area contributed by atoms with Gasteiger partial charge in [-0.3, -0.25) is 14.4 Å². The number of benzene rings is 2. The number of anilines is 1. The normalized spacial score (nSPS) is 10.0. The molecular weight excluding hydrogens is 416 g/mol. The van der Waals surface area contributed by atoms with E-state index in [1.807, 2.05) is 6.92 Å². The average Bonchev–Trinajstić information content (AvgIpc) is 2.66. The molecule has 7 nitrogen and oxygen atoms in total. The predicted octanol–water partition coefficient (Wildman–Crippen LogP) is 2.76. The van der Waals surface area contributed by atoms with Gasteiger partial charge in [-0.25, -0.2) is 0 Å². The molecule has 0 bridgehead atoms. The zero-order valence-electron chi connectivity index (χ0n) is 14.7. The Kier molecular flexibility index (Phi) is 7.81. The van der Waals surface area contributed by atoms with Crippen LogP contribution in [0.15, 0.2) is 53.0 Å². The van der Waals surface area contributed by atoms with Gasteiger partial charge >= 0.3 is 5.97 Å². The van der Waals surface area contributed by atoms with E-state index in [4.69, 9.17) is 9.47 Å². The maximum Gasteiger partial charge on any atom is 0.325 e. The van der Waals surface area contributed by atoms with Crippen LogP contribution in [0.5, 0.6) is 5.75 Å². The number of ether oxygens (including phenoxy) is 2. The number of halogens is 1. The minimum Gasteiger partial charge on any atom is -0.492 e. The smallest absolute Gasteiger partial charge is 0.325 e. The second kappa shape index (κ2) is 10.3. The van der Waals surface area contributed by atoms with Gasteiger partial charge in [0.05, 0.1) is 12.3 Å². The maximum absolute atomic E-state index is 11.9. The van der Waals surface area contributed by atoms with Crippen LogP contribution in [0.25, 0.3) is 0 Å². The fraction of sp³-hybridized carbons (Fsp3) is 0.211. The average molecular weight is 435 g/mol. The first-order valence-corrected chi connectivity index (χ1v) is 9.00. The number of carbonyl (C=O) groups excluding carboxylic acids is 3. The number of amides is 2. The zero-order chi connectivity index (χ0) is 19.6. The molecule has 0 saturated heterocycles. The lowest BCUT2D eigenvalue weighted by Crippen LogP contribution is -2.32. The molecular formula is C19H19BrN2O5. The Morgan fingerprint density at radius 3 is 2.59 bits per heavy atom. The van der Waals surface area contributed by atoms with E-state index in [9.17, 15) is 14.4 Å². The minimum atomic E-state index is -0.716. The van der Waals surface area contributed by atoms with Crippen LogP contribution in [0.2, 0.25) is 0 Å². The van der Waals surface area contributed by atoms with E-state index in [0.29, 0.717) is 23.6 Å². The molecule has 0 aliphatic heterocycles. The second-order valence-electron chi connectivity index (χ2n) is 5.33. The highest BCUT2D eigenvalue weighted by Crippen LogP contribution is 2.23. The summed E-state index contributed by atoms with van der Waals surface area (Å²) in [6.07, 6.45) is 0. The molecule has 8 heteroatoms. The molecule has 0 atom stereocenters. The van der Waals surface area contributed by atoms with Gasteiger partial charge in [0.15, 0.2) is 6.61 Å². The number of para-hydroxylation sites is 2. The van der Waals surface area contributed by atoms with Gasteiger partial charge in [-0.1, -0.05) is 34.1 Å². The predicted molar refractivity (Wildman–Crippen MR) is 104 cm³/mol. The number of carbonyl (C=O) groups is 3. The Hall–Kier alpha value is -2.87. The number of hydrogen-bond donors (Lipinski definition) is 2. The summed E-state index contributed by atoms with van der Waals surface area (Å²) in [5.74, 6) is -1.11. The van der Waals surface area contributed by atoms with Crippen molar-refractivity contribution in [2.75, 3.05) is 25.1 Å². The van der Waals surface area contributed by atoms with Crippen molar-refractivity contribution >= 4 is 39.4 Å². The van der Waals surface area contributed by atoms with Crippen molar-refractivity contribution in [3.63, 3.8) is 0 Å². The minimum absolute atomic E-state index is 0.339. The van der Waals surface area contributed by atoms with E-state index in [2.05, 4.69) is 26.6 Å². The van der Waals surface area contributed by atoms with E-state index >= 15 is 0 Å². The summed E-state index contributed by atoms with van der Waals surface area (Å²) in [7, 11) is 0. The van der Waals surface area contributed by atoms with E-state index in [1.165, 1.54) is 0 Å². The lowest BCUT2D eigenvalue weighted by Gasteiger charge is -2.11. The van der Waals surface area contributed by atoms with E-state index in [0.717, 1.165) is 4.47 Å². The Morgan fingerprint density at radius 1 is 1.07 bits per heavy atom. The quantitative estimate of drug-likeness (QED) is 0.622. The van der Waals surface area contributed by atoms with Crippen LogP contribution in [0.3, 0.4) is 0 Å². The Bertz CT molecular complexity index is 825. The largest absolute Gasteiger partial charge is 0.492 e. The molecule has 2 N–H and O–H groups in total. The van der Waals surface area contributed by atoms with Crippen molar-refractivity contribution in [1.82, 2.24) is 5.32 Å². The molecule has 0 radical (unpaired) electrons. The van der Waals surface area contributed by atoms with Gasteiger partial charge in [-0.2, -0.15) is 0 Å². The maximum atomic E-state index is 11.9. The van der Waals surface area contributed by atoms with Crippen LogP contribution >= 0.6 is 15.9 Å². The Morgan fingerprint density at radius 2 is 1.85 bits per heavy atom. The monoisotopic (exact) mass is 434 g/mol.